The van der Waals surface area contributed by atoms with Gasteiger partial charge in [-0.2, -0.15) is 0 Å². The molecule has 0 spiro atoms. The molecule has 0 heterocycles. The first-order chi connectivity index (χ1) is 12.9. The van der Waals surface area contributed by atoms with E-state index in [1.165, 1.54) is 22.8 Å². The Balaban J connectivity index is 1.80. The maximum Gasteiger partial charge on any atom is 0.127 e. The fraction of sp³-hybridized carbons (Fsp3) is 0.154. The Bertz CT molecular complexity index is 1090. The summed E-state index contributed by atoms with van der Waals surface area (Å²) in [5.74, 6) is 12.4. The lowest BCUT2D eigenvalue weighted by Crippen LogP contribution is -1.89. The van der Waals surface area contributed by atoms with Crippen molar-refractivity contribution >= 4 is 0 Å². The Kier molecular flexibility index (Phi) is 5.44. The van der Waals surface area contributed by atoms with Crippen molar-refractivity contribution in [2.45, 2.75) is 27.7 Å². The van der Waals surface area contributed by atoms with E-state index in [1.54, 1.807) is 13.0 Å². The van der Waals surface area contributed by atoms with Gasteiger partial charge >= 0.3 is 0 Å². The molecule has 0 fully saturated rings. The maximum absolute atomic E-state index is 13.6. The van der Waals surface area contributed by atoms with Gasteiger partial charge in [0.05, 0.1) is 0 Å². The van der Waals surface area contributed by atoms with Crippen molar-refractivity contribution in [3.63, 3.8) is 0 Å². The van der Waals surface area contributed by atoms with Crippen LogP contribution in [-0.2, 0) is 0 Å². The van der Waals surface area contributed by atoms with Crippen molar-refractivity contribution < 1.29 is 4.39 Å². The Hall–Kier alpha value is -3.29. The van der Waals surface area contributed by atoms with Crippen LogP contribution in [0.5, 0.6) is 0 Å². The van der Waals surface area contributed by atoms with Gasteiger partial charge in [0.15, 0.2) is 0 Å². The molecule has 0 atom stereocenters. The normalized spacial score (nSPS) is 9.81. The highest BCUT2D eigenvalue weighted by molar-refractivity contribution is 5.52. The number of hydrogen-bond donors (Lipinski definition) is 0. The third kappa shape index (κ3) is 4.66. The van der Waals surface area contributed by atoms with E-state index < -0.39 is 0 Å². The Morgan fingerprint density at radius 3 is 1.59 bits per heavy atom. The second-order valence-corrected chi connectivity index (χ2v) is 6.82. The highest BCUT2D eigenvalue weighted by Gasteiger charge is 2.00. The molecule has 0 saturated carbocycles. The van der Waals surface area contributed by atoms with Gasteiger partial charge in [-0.15, -0.1) is 0 Å². The van der Waals surface area contributed by atoms with Gasteiger partial charge in [0, 0.05) is 22.3 Å². The Morgan fingerprint density at radius 2 is 1.04 bits per heavy atom. The van der Waals surface area contributed by atoms with Gasteiger partial charge in [-0.1, -0.05) is 47.4 Å². The van der Waals surface area contributed by atoms with E-state index in [2.05, 4.69) is 56.6 Å². The average Bonchev–Trinajstić information content (AvgIpc) is 2.63. The molecule has 27 heavy (non-hydrogen) atoms. The largest absolute Gasteiger partial charge is 0.207 e. The number of aryl methyl sites for hydroxylation is 4. The van der Waals surface area contributed by atoms with Crippen molar-refractivity contribution in [2.24, 2.45) is 0 Å². The van der Waals surface area contributed by atoms with Crippen LogP contribution in [-0.4, -0.2) is 0 Å². The number of hydrogen-bond acceptors (Lipinski definition) is 0. The molecule has 0 saturated heterocycles. The van der Waals surface area contributed by atoms with Crippen LogP contribution in [0.4, 0.5) is 4.39 Å². The van der Waals surface area contributed by atoms with Crippen LogP contribution in [0.1, 0.15) is 44.5 Å². The first-order valence-electron chi connectivity index (χ1n) is 8.90. The minimum absolute atomic E-state index is 0.228. The van der Waals surface area contributed by atoms with Crippen molar-refractivity contribution in [3.8, 4) is 23.7 Å². The van der Waals surface area contributed by atoms with Crippen LogP contribution in [0.3, 0.4) is 0 Å². The monoisotopic (exact) mass is 352 g/mol. The molecule has 0 aromatic heterocycles. The third-order valence-corrected chi connectivity index (χ3v) is 4.42. The Labute approximate surface area is 161 Å². The second kappa shape index (κ2) is 7.94. The molecule has 132 valence electrons. The number of rotatable bonds is 0. The van der Waals surface area contributed by atoms with E-state index in [-0.39, 0.29) is 5.82 Å². The summed E-state index contributed by atoms with van der Waals surface area (Å²) in [6.45, 7) is 8.03. The van der Waals surface area contributed by atoms with Gasteiger partial charge < -0.3 is 0 Å². The SMILES string of the molecule is Cc1cc(C)c(C#Cc2ccc(C#Cc3ccc(C)c(F)c3)cc2)c(C)c1. The summed E-state index contributed by atoms with van der Waals surface area (Å²) < 4.78 is 13.6. The van der Waals surface area contributed by atoms with E-state index in [4.69, 9.17) is 0 Å². The molecule has 0 aliphatic rings. The zero-order valence-corrected chi connectivity index (χ0v) is 16.1. The van der Waals surface area contributed by atoms with Gasteiger partial charge in [-0.3, -0.25) is 0 Å². The molecular formula is C26H21F. The lowest BCUT2D eigenvalue weighted by Gasteiger charge is -2.04. The molecular weight excluding hydrogens is 331 g/mol. The van der Waals surface area contributed by atoms with E-state index in [9.17, 15) is 4.39 Å². The first-order valence-corrected chi connectivity index (χ1v) is 8.90. The molecule has 0 unspecified atom stereocenters. The predicted octanol–water partition coefficient (Wildman–Crippen LogP) is 5.86. The lowest BCUT2D eigenvalue weighted by atomic mass is 10.00. The fourth-order valence-electron chi connectivity index (χ4n) is 2.96. The molecule has 0 aliphatic carbocycles. The summed E-state index contributed by atoms with van der Waals surface area (Å²) in [7, 11) is 0. The van der Waals surface area contributed by atoms with Crippen LogP contribution in [0.2, 0.25) is 0 Å². The maximum atomic E-state index is 13.6. The zero-order chi connectivity index (χ0) is 19.4. The van der Waals surface area contributed by atoms with Gasteiger partial charge in [0.25, 0.3) is 0 Å². The van der Waals surface area contributed by atoms with Crippen LogP contribution in [0.15, 0.2) is 54.6 Å². The first kappa shape index (κ1) is 18.5. The average molecular weight is 352 g/mol. The topological polar surface area (TPSA) is 0 Å². The van der Waals surface area contributed by atoms with Gasteiger partial charge in [0.1, 0.15) is 5.82 Å². The smallest absolute Gasteiger partial charge is 0.127 e. The van der Waals surface area contributed by atoms with Crippen LogP contribution < -0.4 is 0 Å². The van der Waals surface area contributed by atoms with Crippen LogP contribution >= 0.6 is 0 Å². The molecule has 3 aromatic carbocycles. The van der Waals surface area contributed by atoms with Crippen molar-refractivity contribution in [1.29, 1.82) is 0 Å². The lowest BCUT2D eigenvalue weighted by molar-refractivity contribution is 0.618. The van der Waals surface area contributed by atoms with E-state index in [0.29, 0.717) is 11.1 Å². The molecule has 0 aliphatic heterocycles. The van der Waals surface area contributed by atoms with E-state index in [1.807, 2.05) is 30.3 Å². The third-order valence-electron chi connectivity index (χ3n) is 4.42. The number of halogens is 1. The van der Waals surface area contributed by atoms with Crippen molar-refractivity contribution in [1.82, 2.24) is 0 Å². The summed E-state index contributed by atoms with van der Waals surface area (Å²) in [5, 5.41) is 0. The van der Waals surface area contributed by atoms with Gasteiger partial charge in [0.2, 0.25) is 0 Å². The van der Waals surface area contributed by atoms with Gasteiger partial charge in [-0.05, 0) is 80.8 Å². The zero-order valence-electron chi connectivity index (χ0n) is 16.1. The van der Waals surface area contributed by atoms with E-state index in [0.717, 1.165) is 16.7 Å². The van der Waals surface area contributed by atoms with Crippen LogP contribution in [0.25, 0.3) is 0 Å². The van der Waals surface area contributed by atoms with E-state index >= 15 is 0 Å². The highest BCUT2D eigenvalue weighted by Crippen LogP contribution is 2.15. The summed E-state index contributed by atoms with van der Waals surface area (Å²) in [6, 6.07) is 17.2. The molecule has 0 radical (unpaired) electrons. The summed E-state index contributed by atoms with van der Waals surface area (Å²) in [6.07, 6.45) is 0. The minimum Gasteiger partial charge on any atom is -0.207 e. The predicted molar refractivity (Wildman–Crippen MR) is 110 cm³/mol. The fourth-order valence-corrected chi connectivity index (χ4v) is 2.96. The summed E-state index contributed by atoms with van der Waals surface area (Å²) >= 11 is 0. The van der Waals surface area contributed by atoms with Gasteiger partial charge in [-0.25, -0.2) is 4.39 Å². The molecule has 1 heteroatoms. The standard InChI is InChI=1S/C26H21F/c1-18-15-20(3)25(21(4)16-18)14-13-23-9-7-22(8-10-23)11-12-24-6-5-19(2)26(27)17-24/h5-10,15-17H,1-4H3. The van der Waals surface area contributed by atoms with Crippen molar-refractivity contribution in [2.75, 3.05) is 0 Å². The number of benzene rings is 3. The quantitative estimate of drug-likeness (QED) is 0.445. The molecule has 0 nitrogen and oxygen atoms in total. The summed E-state index contributed by atoms with van der Waals surface area (Å²) in [4.78, 5) is 0. The summed E-state index contributed by atoms with van der Waals surface area (Å²) in [5.41, 5.74) is 7.87. The van der Waals surface area contributed by atoms with Crippen LogP contribution in [0, 0.1) is 57.2 Å². The van der Waals surface area contributed by atoms with Crippen molar-refractivity contribution in [3.05, 3.63) is 105 Å². The highest BCUT2D eigenvalue weighted by atomic mass is 19.1. The second-order valence-electron chi connectivity index (χ2n) is 6.82. The molecule has 3 aromatic rings. The molecule has 3 rings (SSSR count). The Morgan fingerprint density at radius 1 is 0.556 bits per heavy atom. The molecule has 0 amide bonds. The minimum atomic E-state index is -0.228. The molecule has 0 N–H and O–H groups in total. The molecule has 0 bridgehead atoms.